The topological polar surface area (TPSA) is 93.0 Å². The van der Waals surface area contributed by atoms with Gasteiger partial charge in [0.1, 0.15) is 11.9 Å². The van der Waals surface area contributed by atoms with E-state index in [9.17, 15) is 0 Å². The third kappa shape index (κ3) is 2.81. The van der Waals surface area contributed by atoms with E-state index in [-0.39, 0.29) is 6.10 Å². The molecule has 1 saturated heterocycles. The van der Waals surface area contributed by atoms with E-state index in [0.29, 0.717) is 24.9 Å². The zero-order valence-corrected chi connectivity index (χ0v) is 11.9. The molecule has 0 amide bonds. The van der Waals surface area contributed by atoms with E-state index in [1.807, 2.05) is 6.92 Å². The van der Waals surface area contributed by atoms with E-state index in [1.54, 1.807) is 0 Å². The van der Waals surface area contributed by atoms with Crippen molar-refractivity contribution < 1.29 is 9.26 Å². The Bertz CT molecular complexity index is 620. The number of hydrogen-bond acceptors (Lipinski definition) is 7. The van der Waals surface area contributed by atoms with Crippen LogP contribution in [0.5, 0.6) is 0 Å². The third-order valence-electron chi connectivity index (χ3n) is 3.83. The van der Waals surface area contributed by atoms with Crippen LogP contribution >= 0.6 is 0 Å². The Labute approximate surface area is 121 Å². The SMILES string of the molecule is Cc1nc([C@H]2CN(Cc3noc(C4CC4)n3)CCO2)n[nH]1. The lowest BCUT2D eigenvalue weighted by Crippen LogP contribution is -2.38. The van der Waals surface area contributed by atoms with Crippen LogP contribution in [-0.2, 0) is 11.3 Å². The summed E-state index contributed by atoms with van der Waals surface area (Å²) in [6, 6.07) is 0. The lowest BCUT2D eigenvalue weighted by molar-refractivity contribution is -0.0379. The number of hydrogen-bond donors (Lipinski definition) is 1. The number of nitrogens with one attached hydrogen (secondary N) is 1. The van der Waals surface area contributed by atoms with Crippen LogP contribution in [0.2, 0.25) is 0 Å². The van der Waals surface area contributed by atoms with E-state index < -0.39 is 0 Å². The van der Waals surface area contributed by atoms with Crippen molar-refractivity contribution in [1.29, 1.82) is 0 Å². The zero-order chi connectivity index (χ0) is 14.2. The highest BCUT2D eigenvalue weighted by Crippen LogP contribution is 2.38. The molecule has 21 heavy (non-hydrogen) atoms. The van der Waals surface area contributed by atoms with Crippen LogP contribution in [0.1, 0.15) is 48.2 Å². The van der Waals surface area contributed by atoms with E-state index in [1.165, 1.54) is 12.8 Å². The van der Waals surface area contributed by atoms with E-state index in [2.05, 4.69) is 30.2 Å². The molecule has 8 heteroatoms. The van der Waals surface area contributed by atoms with Gasteiger partial charge in [-0.25, -0.2) is 4.98 Å². The molecule has 0 aromatic carbocycles. The summed E-state index contributed by atoms with van der Waals surface area (Å²) in [4.78, 5) is 11.1. The first-order valence-corrected chi connectivity index (χ1v) is 7.33. The summed E-state index contributed by atoms with van der Waals surface area (Å²) in [6.07, 6.45) is 2.25. The first-order chi connectivity index (χ1) is 10.3. The predicted octanol–water partition coefficient (Wildman–Crippen LogP) is 0.947. The molecule has 112 valence electrons. The Kier molecular flexibility index (Phi) is 3.19. The largest absolute Gasteiger partial charge is 0.367 e. The van der Waals surface area contributed by atoms with E-state index >= 15 is 0 Å². The average Bonchev–Trinajstić information content (AvgIpc) is 3.09. The van der Waals surface area contributed by atoms with Gasteiger partial charge in [0.2, 0.25) is 5.89 Å². The minimum absolute atomic E-state index is 0.0986. The monoisotopic (exact) mass is 290 g/mol. The molecule has 4 rings (SSSR count). The third-order valence-corrected chi connectivity index (χ3v) is 3.83. The van der Waals surface area contributed by atoms with Crippen molar-refractivity contribution in [3.8, 4) is 0 Å². The molecule has 1 aliphatic heterocycles. The van der Waals surface area contributed by atoms with Crippen molar-refractivity contribution in [2.75, 3.05) is 19.7 Å². The lowest BCUT2D eigenvalue weighted by Gasteiger charge is -2.30. The van der Waals surface area contributed by atoms with Crippen molar-refractivity contribution in [3.05, 3.63) is 23.4 Å². The molecular formula is C13H18N6O2. The predicted molar refractivity (Wildman–Crippen MR) is 71.4 cm³/mol. The standard InChI is InChI=1S/C13H18N6O2/c1-8-14-12(17-16-8)10-6-19(4-5-20-10)7-11-15-13(21-18-11)9-2-3-9/h9-10H,2-7H2,1H3,(H,14,16,17)/t10-/m1/s1. The summed E-state index contributed by atoms with van der Waals surface area (Å²) in [5.74, 6) is 3.56. The number of aromatic nitrogens is 5. The molecule has 2 aromatic heterocycles. The Morgan fingerprint density at radius 3 is 3.00 bits per heavy atom. The number of aromatic amines is 1. The van der Waals surface area contributed by atoms with Gasteiger partial charge in [0.25, 0.3) is 0 Å². The van der Waals surface area contributed by atoms with Gasteiger partial charge in [-0.15, -0.1) is 0 Å². The molecule has 2 fully saturated rings. The van der Waals surface area contributed by atoms with Gasteiger partial charge >= 0.3 is 0 Å². The fourth-order valence-corrected chi connectivity index (χ4v) is 2.53. The molecular weight excluding hydrogens is 272 g/mol. The maximum absolute atomic E-state index is 5.75. The number of nitrogens with zero attached hydrogens (tertiary/aromatic N) is 5. The molecule has 0 bridgehead atoms. The van der Waals surface area contributed by atoms with Crippen LogP contribution in [0, 0.1) is 6.92 Å². The highest BCUT2D eigenvalue weighted by molar-refractivity contribution is 5.02. The summed E-state index contributed by atoms with van der Waals surface area (Å²) in [5, 5.41) is 11.1. The molecule has 1 aliphatic carbocycles. The van der Waals surface area contributed by atoms with Crippen molar-refractivity contribution in [1.82, 2.24) is 30.2 Å². The highest BCUT2D eigenvalue weighted by atomic mass is 16.5. The first-order valence-electron chi connectivity index (χ1n) is 7.33. The quantitative estimate of drug-likeness (QED) is 0.895. The molecule has 2 aliphatic rings. The number of ether oxygens (including phenoxy) is 1. The number of H-pyrrole nitrogens is 1. The molecule has 1 N–H and O–H groups in total. The van der Waals surface area contributed by atoms with Gasteiger partial charge in [-0.1, -0.05) is 5.16 Å². The number of rotatable bonds is 4. The van der Waals surface area contributed by atoms with Gasteiger partial charge in [0.05, 0.1) is 13.2 Å². The van der Waals surface area contributed by atoms with Crippen molar-refractivity contribution in [3.63, 3.8) is 0 Å². The summed E-state index contributed by atoms with van der Waals surface area (Å²) >= 11 is 0. The van der Waals surface area contributed by atoms with Gasteiger partial charge < -0.3 is 9.26 Å². The van der Waals surface area contributed by atoms with Gasteiger partial charge in [0, 0.05) is 19.0 Å². The molecule has 0 unspecified atom stereocenters. The van der Waals surface area contributed by atoms with Crippen LogP contribution in [0.3, 0.4) is 0 Å². The van der Waals surface area contributed by atoms with Crippen LogP contribution in [0.15, 0.2) is 4.52 Å². The average molecular weight is 290 g/mol. The van der Waals surface area contributed by atoms with Crippen molar-refractivity contribution >= 4 is 0 Å². The van der Waals surface area contributed by atoms with E-state index in [0.717, 1.165) is 30.6 Å². The second-order valence-corrected chi connectivity index (χ2v) is 5.70. The van der Waals surface area contributed by atoms with Crippen LogP contribution in [-0.4, -0.2) is 49.9 Å². The summed E-state index contributed by atoms with van der Waals surface area (Å²) in [7, 11) is 0. The van der Waals surface area contributed by atoms with Crippen LogP contribution < -0.4 is 0 Å². The van der Waals surface area contributed by atoms with Crippen LogP contribution in [0.4, 0.5) is 0 Å². The molecule has 3 heterocycles. The number of morpholine rings is 1. The second-order valence-electron chi connectivity index (χ2n) is 5.70. The molecule has 0 spiro atoms. The lowest BCUT2D eigenvalue weighted by atomic mass is 10.2. The minimum atomic E-state index is -0.0986. The Morgan fingerprint density at radius 2 is 2.24 bits per heavy atom. The minimum Gasteiger partial charge on any atom is -0.367 e. The van der Waals surface area contributed by atoms with Crippen LogP contribution in [0.25, 0.3) is 0 Å². The van der Waals surface area contributed by atoms with Gasteiger partial charge in [-0.3, -0.25) is 10.00 Å². The smallest absolute Gasteiger partial charge is 0.229 e. The molecule has 0 radical (unpaired) electrons. The van der Waals surface area contributed by atoms with Crippen molar-refractivity contribution in [2.45, 2.75) is 38.3 Å². The normalized spacial score (nSPS) is 23.6. The summed E-state index contributed by atoms with van der Waals surface area (Å²) in [6.45, 7) is 4.82. The maximum Gasteiger partial charge on any atom is 0.229 e. The Morgan fingerprint density at radius 1 is 1.33 bits per heavy atom. The fourth-order valence-electron chi connectivity index (χ4n) is 2.53. The molecule has 8 nitrogen and oxygen atoms in total. The molecule has 2 aromatic rings. The first kappa shape index (κ1) is 12.9. The summed E-state index contributed by atoms with van der Waals surface area (Å²) in [5.41, 5.74) is 0. The Hall–Kier alpha value is -1.80. The van der Waals surface area contributed by atoms with Gasteiger partial charge in [0.15, 0.2) is 11.6 Å². The summed E-state index contributed by atoms with van der Waals surface area (Å²) < 4.78 is 11.0. The van der Waals surface area contributed by atoms with Gasteiger partial charge in [-0.2, -0.15) is 10.1 Å². The fraction of sp³-hybridized carbons (Fsp3) is 0.692. The van der Waals surface area contributed by atoms with Gasteiger partial charge in [-0.05, 0) is 19.8 Å². The molecule has 1 saturated carbocycles. The maximum atomic E-state index is 5.75. The van der Waals surface area contributed by atoms with Crippen molar-refractivity contribution in [2.24, 2.45) is 0 Å². The number of aryl methyl sites for hydroxylation is 1. The molecule has 1 atom stereocenters. The van der Waals surface area contributed by atoms with E-state index in [4.69, 9.17) is 9.26 Å². The second kappa shape index (κ2) is 5.19. The Balaban J connectivity index is 1.40. The highest BCUT2D eigenvalue weighted by Gasteiger charge is 2.30. The zero-order valence-electron chi connectivity index (χ0n) is 11.9.